The number of piperidine rings is 1. The zero-order valence-electron chi connectivity index (χ0n) is 17.0. The molecule has 2 aliphatic rings. The van der Waals surface area contributed by atoms with Gasteiger partial charge in [0.1, 0.15) is 0 Å². The van der Waals surface area contributed by atoms with Crippen molar-refractivity contribution in [1.29, 1.82) is 0 Å². The third-order valence-corrected chi connectivity index (χ3v) is 5.73. The second-order valence-corrected chi connectivity index (χ2v) is 8.22. The lowest BCUT2D eigenvalue weighted by Gasteiger charge is -2.34. The number of carboxylic acid groups (broad SMARTS) is 1. The van der Waals surface area contributed by atoms with Crippen LogP contribution in [0, 0.1) is 12.5 Å². The van der Waals surface area contributed by atoms with Crippen molar-refractivity contribution in [2.24, 2.45) is 10.9 Å². The lowest BCUT2D eigenvalue weighted by Crippen LogP contribution is -2.35. The van der Waals surface area contributed by atoms with Gasteiger partial charge in [-0.25, -0.2) is 0 Å². The number of rotatable bonds is 5. The Morgan fingerprint density at radius 3 is 2.59 bits per heavy atom. The molecule has 7 heteroatoms. The molecule has 1 aromatic carbocycles. The minimum absolute atomic E-state index is 0.235. The van der Waals surface area contributed by atoms with Crippen LogP contribution in [0.1, 0.15) is 45.6 Å². The fraction of sp³-hybridized carbons (Fsp3) is 0.455. The number of carbonyl (C=O) groups excluding carboxylic acids is 1. The molecule has 2 heterocycles. The number of allylic oxidation sites excluding steroid dienone is 1. The molecule has 29 heavy (non-hydrogen) atoms. The van der Waals surface area contributed by atoms with Gasteiger partial charge >= 0.3 is 5.97 Å². The van der Waals surface area contributed by atoms with Gasteiger partial charge in [-0.1, -0.05) is 25.6 Å². The molecule has 1 fully saturated rings. The van der Waals surface area contributed by atoms with Crippen molar-refractivity contribution < 1.29 is 14.7 Å². The van der Waals surface area contributed by atoms with Crippen molar-refractivity contribution in [1.82, 2.24) is 0 Å². The van der Waals surface area contributed by atoms with Crippen LogP contribution >= 0.6 is 0 Å². The molecular formula is C22H26N4O3. The van der Waals surface area contributed by atoms with Gasteiger partial charge in [0.25, 0.3) is 11.7 Å². The Balaban J connectivity index is 1.92. The van der Waals surface area contributed by atoms with E-state index in [4.69, 9.17) is 6.57 Å². The molecule has 152 valence electrons. The maximum Gasteiger partial charge on any atom is 0.313 e. The Morgan fingerprint density at radius 2 is 2.00 bits per heavy atom. The standard InChI is InChI=1S/C22H26N4O3/c1-14-9-11-26(12-10-14)18-13-15(22(2,3)21(28)29)5-6-16(18)25-20(27)17-7-8-19(23-4)24-17/h5-6,8,13-14H,7,9-12H2,1-3H3,(H,25,27)(H,28,29). The minimum Gasteiger partial charge on any atom is -0.481 e. The Hall–Kier alpha value is -3.14. The lowest BCUT2D eigenvalue weighted by atomic mass is 9.84. The van der Waals surface area contributed by atoms with E-state index in [1.165, 1.54) is 0 Å². The molecule has 0 saturated carbocycles. The first-order valence-electron chi connectivity index (χ1n) is 9.81. The Labute approximate surface area is 170 Å². The number of amides is 1. The first-order valence-corrected chi connectivity index (χ1v) is 9.81. The molecule has 0 atom stereocenters. The first kappa shape index (κ1) is 20.6. The zero-order valence-corrected chi connectivity index (χ0v) is 17.0. The molecule has 0 aliphatic carbocycles. The van der Waals surface area contributed by atoms with E-state index >= 15 is 0 Å². The molecule has 7 nitrogen and oxygen atoms in total. The predicted molar refractivity (Wildman–Crippen MR) is 113 cm³/mol. The SMILES string of the molecule is [C-]#[N+]C1=CCC(C(=O)Nc2ccc(C(C)(C)C(=O)O)cc2N2CCC(C)CC2)=N1. The number of anilines is 2. The summed E-state index contributed by atoms with van der Waals surface area (Å²) in [6.07, 6.45) is 4.06. The fourth-order valence-corrected chi connectivity index (χ4v) is 3.49. The normalized spacial score (nSPS) is 17.4. The van der Waals surface area contributed by atoms with E-state index < -0.39 is 11.4 Å². The minimum atomic E-state index is -1.04. The number of hydrogen-bond acceptors (Lipinski definition) is 4. The van der Waals surface area contributed by atoms with Gasteiger partial charge in [-0.3, -0.25) is 9.59 Å². The van der Waals surface area contributed by atoms with Gasteiger partial charge < -0.3 is 20.2 Å². The molecule has 1 aromatic rings. The number of carboxylic acids is 1. The van der Waals surface area contributed by atoms with Crippen LogP contribution in [0.5, 0.6) is 0 Å². The largest absolute Gasteiger partial charge is 0.481 e. The molecule has 0 spiro atoms. The maximum atomic E-state index is 12.7. The Bertz CT molecular complexity index is 932. The van der Waals surface area contributed by atoms with Crippen molar-refractivity contribution in [2.45, 2.75) is 45.4 Å². The molecule has 1 saturated heterocycles. The number of aliphatic carboxylic acids is 1. The van der Waals surface area contributed by atoms with Crippen LogP contribution in [-0.4, -0.2) is 35.8 Å². The van der Waals surface area contributed by atoms with Crippen molar-refractivity contribution >= 4 is 29.0 Å². The van der Waals surface area contributed by atoms with E-state index in [9.17, 15) is 14.7 Å². The molecule has 0 unspecified atom stereocenters. The van der Waals surface area contributed by atoms with E-state index in [-0.39, 0.29) is 11.7 Å². The van der Waals surface area contributed by atoms with Gasteiger partial charge in [0.15, 0.2) is 5.71 Å². The van der Waals surface area contributed by atoms with Crippen molar-refractivity contribution in [2.75, 3.05) is 23.3 Å². The molecule has 3 rings (SSSR count). The summed E-state index contributed by atoms with van der Waals surface area (Å²) in [5.41, 5.74) is 1.42. The van der Waals surface area contributed by atoms with Crippen LogP contribution in [0.4, 0.5) is 11.4 Å². The second-order valence-electron chi connectivity index (χ2n) is 8.22. The van der Waals surface area contributed by atoms with Crippen LogP contribution in [0.15, 0.2) is 35.1 Å². The molecule has 0 aromatic heterocycles. The average Bonchev–Trinajstić information content (AvgIpc) is 3.18. The summed E-state index contributed by atoms with van der Waals surface area (Å²) >= 11 is 0. The average molecular weight is 394 g/mol. The monoisotopic (exact) mass is 394 g/mol. The number of carbonyl (C=O) groups is 2. The summed E-state index contributed by atoms with van der Waals surface area (Å²) in [4.78, 5) is 33.9. The van der Waals surface area contributed by atoms with Crippen molar-refractivity contribution in [3.63, 3.8) is 0 Å². The number of benzene rings is 1. The van der Waals surface area contributed by atoms with E-state index in [1.54, 1.807) is 32.1 Å². The first-order chi connectivity index (χ1) is 13.7. The zero-order chi connectivity index (χ0) is 21.2. The Kier molecular flexibility index (Phi) is 5.73. The summed E-state index contributed by atoms with van der Waals surface area (Å²) < 4.78 is 0. The highest BCUT2D eigenvalue weighted by molar-refractivity contribution is 6.44. The molecule has 2 N–H and O–H groups in total. The predicted octanol–water partition coefficient (Wildman–Crippen LogP) is 3.83. The van der Waals surface area contributed by atoms with E-state index in [2.05, 4.69) is 27.0 Å². The smallest absolute Gasteiger partial charge is 0.313 e. The van der Waals surface area contributed by atoms with E-state index in [1.807, 2.05) is 6.07 Å². The molecule has 1 amide bonds. The van der Waals surface area contributed by atoms with Gasteiger partial charge in [-0.15, -0.1) is 4.99 Å². The highest BCUT2D eigenvalue weighted by Crippen LogP contribution is 2.35. The van der Waals surface area contributed by atoms with Gasteiger partial charge in [0.05, 0.1) is 16.8 Å². The highest BCUT2D eigenvalue weighted by atomic mass is 16.4. The van der Waals surface area contributed by atoms with Gasteiger partial charge in [0, 0.05) is 19.5 Å². The van der Waals surface area contributed by atoms with Crippen LogP contribution in [-0.2, 0) is 15.0 Å². The van der Waals surface area contributed by atoms with E-state index in [0.29, 0.717) is 29.3 Å². The summed E-state index contributed by atoms with van der Waals surface area (Å²) in [5, 5.41) is 12.5. The molecule has 0 radical (unpaired) electrons. The third kappa shape index (κ3) is 4.32. The van der Waals surface area contributed by atoms with Crippen LogP contribution in [0.3, 0.4) is 0 Å². The maximum absolute atomic E-state index is 12.7. The quantitative estimate of drug-likeness (QED) is 0.743. The summed E-state index contributed by atoms with van der Waals surface area (Å²) in [5.74, 6) is -0.352. The van der Waals surface area contributed by atoms with Crippen molar-refractivity contribution in [3.8, 4) is 0 Å². The molecule has 0 bridgehead atoms. The second kappa shape index (κ2) is 8.08. The Morgan fingerprint density at radius 1 is 1.31 bits per heavy atom. The molecular weight excluding hydrogens is 368 g/mol. The van der Waals surface area contributed by atoms with Gasteiger partial charge in [-0.05, 0) is 50.3 Å². The van der Waals surface area contributed by atoms with Crippen LogP contribution in [0.25, 0.3) is 4.85 Å². The summed E-state index contributed by atoms with van der Waals surface area (Å²) in [6, 6.07) is 5.39. The van der Waals surface area contributed by atoms with E-state index in [0.717, 1.165) is 31.6 Å². The van der Waals surface area contributed by atoms with Crippen molar-refractivity contribution in [3.05, 3.63) is 47.1 Å². The number of hydrogen-bond donors (Lipinski definition) is 2. The highest BCUT2D eigenvalue weighted by Gasteiger charge is 2.31. The lowest BCUT2D eigenvalue weighted by molar-refractivity contribution is -0.142. The third-order valence-electron chi connectivity index (χ3n) is 5.73. The molecule has 2 aliphatic heterocycles. The number of aliphatic imine (C=N–C) groups is 1. The fourth-order valence-electron chi connectivity index (χ4n) is 3.49. The van der Waals surface area contributed by atoms with Gasteiger partial charge in [0.2, 0.25) is 0 Å². The number of nitrogens with one attached hydrogen (secondary N) is 1. The van der Waals surface area contributed by atoms with Crippen LogP contribution in [0.2, 0.25) is 0 Å². The number of nitrogens with zero attached hydrogens (tertiary/aromatic N) is 3. The van der Waals surface area contributed by atoms with Gasteiger partial charge in [-0.2, -0.15) is 0 Å². The topological polar surface area (TPSA) is 86.4 Å². The van der Waals surface area contributed by atoms with Crippen LogP contribution < -0.4 is 10.2 Å². The summed E-state index contributed by atoms with van der Waals surface area (Å²) in [6.45, 7) is 14.3. The summed E-state index contributed by atoms with van der Waals surface area (Å²) in [7, 11) is 0.